The lowest BCUT2D eigenvalue weighted by molar-refractivity contribution is 1.18. The lowest BCUT2D eigenvalue weighted by Crippen LogP contribution is -1.94. The van der Waals surface area contributed by atoms with Gasteiger partial charge in [-0.1, -0.05) is 206 Å². The van der Waals surface area contributed by atoms with Gasteiger partial charge in [-0.15, -0.1) is 0 Å². The Hall–Kier alpha value is -8.52. The predicted molar refractivity (Wildman–Crippen MR) is 278 cm³/mol. The number of hydrogen-bond donors (Lipinski definition) is 0. The summed E-state index contributed by atoms with van der Waals surface area (Å²) in [7, 11) is 0. The van der Waals surface area contributed by atoms with Gasteiger partial charge in [-0.2, -0.15) is 0 Å². The first kappa shape index (κ1) is 37.1. The Balaban J connectivity index is 0.950. The highest BCUT2D eigenvalue weighted by Crippen LogP contribution is 2.46. The predicted octanol–water partition coefficient (Wildman–Crippen LogP) is 17.7. The van der Waals surface area contributed by atoms with E-state index in [1.807, 2.05) is 0 Å². The van der Waals surface area contributed by atoms with Crippen molar-refractivity contribution in [3.8, 4) is 61.3 Å². The summed E-state index contributed by atoms with van der Waals surface area (Å²) in [5.74, 6) is 0. The zero-order chi connectivity index (χ0) is 42.8. The van der Waals surface area contributed by atoms with Gasteiger partial charge in [-0.25, -0.2) is 0 Å². The van der Waals surface area contributed by atoms with Crippen molar-refractivity contribution in [2.45, 2.75) is 0 Å². The molecule has 1 heterocycles. The SMILES string of the molecule is c1ccc(-c2c3ccccc3c(-c3cccc(-c4cccc(-c5cccc(-c6cc7c(c8ccccc68)c6c8ccccc8ccc6n7-c6ccccc6)c5)c4)c3)c3ccccc23)cc1. The van der Waals surface area contributed by atoms with Crippen LogP contribution in [0.5, 0.6) is 0 Å². The van der Waals surface area contributed by atoms with Crippen LogP contribution >= 0.6 is 0 Å². The molecular weight excluding hydrogens is 783 g/mol. The molecule has 0 fully saturated rings. The number of rotatable bonds is 6. The van der Waals surface area contributed by atoms with Gasteiger partial charge in [0.15, 0.2) is 0 Å². The summed E-state index contributed by atoms with van der Waals surface area (Å²) in [4.78, 5) is 0. The molecule has 13 rings (SSSR count). The van der Waals surface area contributed by atoms with Crippen molar-refractivity contribution < 1.29 is 0 Å². The summed E-state index contributed by atoms with van der Waals surface area (Å²) in [5, 5.41) is 12.7. The van der Waals surface area contributed by atoms with Gasteiger partial charge >= 0.3 is 0 Å². The maximum Gasteiger partial charge on any atom is 0.0553 e. The summed E-state index contributed by atoms with van der Waals surface area (Å²) in [5.41, 5.74) is 15.8. The van der Waals surface area contributed by atoms with Crippen LogP contribution in [0.3, 0.4) is 0 Å². The van der Waals surface area contributed by atoms with E-state index in [9.17, 15) is 0 Å². The normalized spacial score (nSPS) is 11.7. The quantitative estimate of drug-likeness (QED) is 0.147. The van der Waals surface area contributed by atoms with Gasteiger partial charge in [0.1, 0.15) is 0 Å². The van der Waals surface area contributed by atoms with Crippen molar-refractivity contribution in [2.75, 3.05) is 0 Å². The highest BCUT2D eigenvalue weighted by atomic mass is 15.0. The van der Waals surface area contributed by atoms with E-state index in [-0.39, 0.29) is 0 Å². The van der Waals surface area contributed by atoms with E-state index in [0.29, 0.717) is 0 Å². The van der Waals surface area contributed by atoms with Crippen molar-refractivity contribution in [1.82, 2.24) is 4.57 Å². The third-order valence-electron chi connectivity index (χ3n) is 13.5. The molecule has 0 saturated carbocycles. The van der Waals surface area contributed by atoms with Crippen LogP contribution in [0, 0.1) is 0 Å². The summed E-state index contributed by atoms with van der Waals surface area (Å²) in [6, 6.07) is 91.4. The van der Waals surface area contributed by atoms with E-state index in [1.165, 1.54) is 121 Å². The summed E-state index contributed by atoms with van der Waals surface area (Å²) >= 11 is 0. The molecule has 1 aromatic heterocycles. The first-order valence-electron chi connectivity index (χ1n) is 22.5. The fraction of sp³-hybridized carbons (Fsp3) is 0. The van der Waals surface area contributed by atoms with Crippen molar-refractivity contribution in [1.29, 1.82) is 0 Å². The number of aromatic nitrogens is 1. The third-order valence-corrected chi connectivity index (χ3v) is 13.5. The molecule has 0 amide bonds. The van der Waals surface area contributed by atoms with E-state index in [4.69, 9.17) is 0 Å². The van der Waals surface area contributed by atoms with Crippen molar-refractivity contribution in [3.05, 3.63) is 249 Å². The molecular formula is C64H41N. The van der Waals surface area contributed by atoms with Crippen LogP contribution in [0.1, 0.15) is 0 Å². The van der Waals surface area contributed by atoms with E-state index in [1.54, 1.807) is 0 Å². The van der Waals surface area contributed by atoms with Crippen molar-refractivity contribution >= 4 is 64.9 Å². The average molecular weight is 824 g/mol. The number of para-hydroxylation sites is 1. The van der Waals surface area contributed by atoms with Crippen LogP contribution in [0.4, 0.5) is 0 Å². The second kappa shape index (κ2) is 15.1. The second-order valence-electron chi connectivity index (χ2n) is 17.2. The molecule has 302 valence electrons. The van der Waals surface area contributed by atoms with E-state index in [2.05, 4.69) is 253 Å². The minimum absolute atomic E-state index is 1.16. The van der Waals surface area contributed by atoms with E-state index < -0.39 is 0 Å². The maximum atomic E-state index is 2.46. The molecule has 65 heavy (non-hydrogen) atoms. The van der Waals surface area contributed by atoms with Crippen LogP contribution in [0.25, 0.3) is 126 Å². The van der Waals surface area contributed by atoms with Crippen LogP contribution < -0.4 is 0 Å². The smallest absolute Gasteiger partial charge is 0.0553 e. The molecule has 0 radical (unpaired) electrons. The monoisotopic (exact) mass is 823 g/mol. The summed E-state index contributed by atoms with van der Waals surface area (Å²) in [6.45, 7) is 0. The van der Waals surface area contributed by atoms with Gasteiger partial charge in [0, 0.05) is 16.5 Å². The molecule has 1 heteroatoms. The lowest BCUT2D eigenvalue weighted by atomic mass is 9.85. The molecule has 0 saturated heterocycles. The molecule has 0 aliphatic heterocycles. The van der Waals surface area contributed by atoms with Crippen LogP contribution in [0.2, 0.25) is 0 Å². The fourth-order valence-electron chi connectivity index (χ4n) is 10.7. The van der Waals surface area contributed by atoms with Crippen molar-refractivity contribution in [2.24, 2.45) is 0 Å². The molecule has 13 aromatic rings. The third kappa shape index (κ3) is 6.01. The topological polar surface area (TPSA) is 4.93 Å². The Kier molecular flexibility index (Phi) is 8.60. The van der Waals surface area contributed by atoms with E-state index >= 15 is 0 Å². The minimum atomic E-state index is 1.16. The highest BCUT2D eigenvalue weighted by Gasteiger charge is 2.21. The standard InChI is InChI=1S/C64H41N/c1-3-19-43(20-4-1)61-54-32-11-13-34-56(54)62(57-35-14-12-33-55(57)61)49-26-17-24-47(40-49)45-22-15-21-44(38-45)46-23-16-25-48(39-46)58-41-60-64(53-31-10-9-30-52(53)58)63-51-29-8-7-18-42(51)36-37-59(63)65(60)50-27-5-2-6-28-50/h1-41H. The molecule has 0 aliphatic rings. The lowest BCUT2D eigenvalue weighted by Gasteiger charge is -2.18. The van der Waals surface area contributed by atoms with Crippen LogP contribution in [-0.2, 0) is 0 Å². The Morgan fingerprint density at radius 1 is 0.231 bits per heavy atom. The Morgan fingerprint density at radius 2 is 0.646 bits per heavy atom. The Morgan fingerprint density at radius 3 is 1.26 bits per heavy atom. The molecule has 0 aliphatic carbocycles. The maximum absolute atomic E-state index is 2.46. The Bertz CT molecular complexity index is 3930. The molecule has 0 spiro atoms. The van der Waals surface area contributed by atoms with Crippen LogP contribution in [0.15, 0.2) is 249 Å². The molecule has 0 bridgehead atoms. The molecule has 1 nitrogen and oxygen atoms in total. The number of benzene rings is 12. The number of nitrogens with zero attached hydrogens (tertiary/aromatic N) is 1. The molecule has 0 atom stereocenters. The zero-order valence-corrected chi connectivity index (χ0v) is 35.6. The minimum Gasteiger partial charge on any atom is -0.309 e. The molecule has 0 N–H and O–H groups in total. The van der Waals surface area contributed by atoms with Gasteiger partial charge in [0.05, 0.1) is 11.0 Å². The number of hydrogen-bond acceptors (Lipinski definition) is 0. The molecule has 0 unspecified atom stereocenters. The average Bonchev–Trinajstić information content (AvgIpc) is 3.73. The van der Waals surface area contributed by atoms with Gasteiger partial charge in [-0.05, 0) is 141 Å². The molecule has 12 aromatic carbocycles. The van der Waals surface area contributed by atoms with E-state index in [0.717, 1.165) is 5.69 Å². The highest BCUT2D eigenvalue weighted by molar-refractivity contribution is 6.30. The number of fused-ring (bicyclic) bond motifs is 9. The van der Waals surface area contributed by atoms with Crippen molar-refractivity contribution in [3.63, 3.8) is 0 Å². The Labute approximate surface area is 377 Å². The van der Waals surface area contributed by atoms with Gasteiger partial charge in [0.2, 0.25) is 0 Å². The van der Waals surface area contributed by atoms with Gasteiger partial charge in [0.25, 0.3) is 0 Å². The van der Waals surface area contributed by atoms with Gasteiger partial charge in [-0.3, -0.25) is 0 Å². The van der Waals surface area contributed by atoms with Crippen LogP contribution in [-0.4, -0.2) is 4.57 Å². The fourth-order valence-corrected chi connectivity index (χ4v) is 10.7. The second-order valence-corrected chi connectivity index (χ2v) is 17.2. The first-order valence-corrected chi connectivity index (χ1v) is 22.5. The first-order chi connectivity index (χ1) is 32.3. The van der Waals surface area contributed by atoms with Gasteiger partial charge < -0.3 is 4.57 Å². The largest absolute Gasteiger partial charge is 0.309 e. The summed E-state index contributed by atoms with van der Waals surface area (Å²) in [6.07, 6.45) is 0. The zero-order valence-electron chi connectivity index (χ0n) is 35.6. The summed E-state index contributed by atoms with van der Waals surface area (Å²) < 4.78 is 2.46.